The van der Waals surface area contributed by atoms with Crippen molar-refractivity contribution in [3.05, 3.63) is 59.9 Å². The number of fused-ring (bicyclic) bond motifs is 1. The van der Waals surface area contributed by atoms with Crippen molar-refractivity contribution >= 4 is 22.8 Å². The molecule has 3 N–H and O–H groups in total. The van der Waals surface area contributed by atoms with Crippen molar-refractivity contribution in [3.8, 4) is 17.0 Å². The van der Waals surface area contributed by atoms with Gasteiger partial charge in [-0.3, -0.25) is 4.68 Å². The predicted octanol–water partition coefficient (Wildman–Crippen LogP) is 3.41. The van der Waals surface area contributed by atoms with Crippen LogP contribution >= 0.6 is 0 Å². The van der Waals surface area contributed by atoms with Crippen LogP contribution in [0.4, 0.5) is 16.2 Å². The van der Waals surface area contributed by atoms with E-state index in [2.05, 4.69) is 20.4 Å². The van der Waals surface area contributed by atoms with Gasteiger partial charge in [0.1, 0.15) is 17.4 Å². The van der Waals surface area contributed by atoms with Gasteiger partial charge in [-0.2, -0.15) is 10.1 Å². The Kier molecular flexibility index (Phi) is 4.99. The van der Waals surface area contributed by atoms with Crippen molar-refractivity contribution in [1.29, 1.82) is 0 Å². The second kappa shape index (κ2) is 7.75. The number of benzene rings is 2. The van der Waals surface area contributed by atoms with Crippen LogP contribution in [0.2, 0.25) is 0 Å². The summed E-state index contributed by atoms with van der Waals surface area (Å²) in [6, 6.07) is 14.1. The lowest BCUT2D eigenvalue weighted by atomic mass is 10.1. The smallest absolute Gasteiger partial charge is 0.225 e. The van der Waals surface area contributed by atoms with E-state index in [1.54, 1.807) is 31.0 Å². The van der Waals surface area contributed by atoms with Crippen molar-refractivity contribution in [3.63, 3.8) is 0 Å². The lowest BCUT2D eigenvalue weighted by Crippen LogP contribution is -2.09. The third-order valence-electron chi connectivity index (χ3n) is 4.69. The zero-order valence-electron chi connectivity index (χ0n) is 16.2. The van der Waals surface area contributed by atoms with Gasteiger partial charge in [-0.1, -0.05) is 24.3 Å². The average Bonchev–Trinajstić information content (AvgIpc) is 3.01. The van der Waals surface area contributed by atoms with E-state index in [4.69, 9.17) is 10.5 Å². The van der Waals surface area contributed by atoms with Crippen LogP contribution in [-0.2, 0) is 13.5 Å². The number of rotatable bonds is 6. The summed E-state index contributed by atoms with van der Waals surface area (Å²) in [4.78, 5) is 9.08. The minimum absolute atomic E-state index is 0.342. The molecule has 0 saturated heterocycles. The molecule has 4 rings (SSSR count). The molecule has 0 amide bonds. The lowest BCUT2D eigenvalue weighted by molar-refractivity contribution is 0.414. The van der Waals surface area contributed by atoms with Gasteiger partial charge in [-0.05, 0) is 36.2 Å². The Labute approximate surface area is 167 Å². The number of ether oxygens (including phenoxy) is 1. The molecule has 0 atom stereocenters. The molecular weight excluding hydrogens is 371 g/mol. The molecule has 8 heteroatoms. The Hall–Kier alpha value is -3.68. The number of nitrogens with zero attached hydrogens (tertiary/aromatic N) is 4. The Morgan fingerprint density at radius 3 is 2.66 bits per heavy atom. The summed E-state index contributed by atoms with van der Waals surface area (Å²) in [6.45, 7) is 0.628. The molecule has 0 unspecified atom stereocenters. The Morgan fingerprint density at radius 1 is 1.14 bits per heavy atom. The van der Waals surface area contributed by atoms with E-state index in [9.17, 15) is 4.39 Å². The van der Waals surface area contributed by atoms with Gasteiger partial charge in [0, 0.05) is 19.2 Å². The number of methoxy groups -OCH3 is 1. The van der Waals surface area contributed by atoms with Gasteiger partial charge < -0.3 is 15.8 Å². The number of halogens is 1. The zero-order chi connectivity index (χ0) is 20.4. The molecule has 0 aliphatic rings. The van der Waals surface area contributed by atoms with Crippen LogP contribution in [-0.4, -0.2) is 33.4 Å². The summed E-state index contributed by atoms with van der Waals surface area (Å²) < 4.78 is 20.5. The first-order valence-corrected chi connectivity index (χ1v) is 9.18. The number of anilines is 2. The Bertz CT molecular complexity index is 1160. The van der Waals surface area contributed by atoms with E-state index >= 15 is 0 Å². The SMILES string of the molecule is COc1ccc(CCNc2nc(-c3cccc(F)c3)c3c(N)n(C)nc3n2)cc1. The highest BCUT2D eigenvalue weighted by molar-refractivity contribution is 5.98. The monoisotopic (exact) mass is 392 g/mol. The number of aryl methyl sites for hydroxylation is 1. The fourth-order valence-corrected chi connectivity index (χ4v) is 3.15. The van der Waals surface area contributed by atoms with Gasteiger partial charge in [0.2, 0.25) is 5.95 Å². The molecular formula is C21H21FN6O. The summed E-state index contributed by atoms with van der Waals surface area (Å²) in [7, 11) is 3.38. The van der Waals surface area contributed by atoms with Gasteiger partial charge >= 0.3 is 0 Å². The predicted molar refractivity (Wildman–Crippen MR) is 111 cm³/mol. The molecule has 0 bridgehead atoms. The summed E-state index contributed by atoms with van der Waals surface area (Å²) in [6.07, 6.45) is 0.783. The van der Waals surface area contributed by atoms with Crippen molar-refractivity contribution in [1.82, 2.24) is 19.7 Å². The quantitative estimate of drug-likeness (QED) is 0.523. The van der Waals surface area contributed by atoms with Crippen LogP contribution in [0, 0.1) is 5.82 Å². The molecule has 0 saturated carbocycles. The highest BCUT2D eigenvalue weighted by atomic mass is 19.1. The molecule has 4 aromatic rings. The topological polar surface area (TPSA) is 90.9 Å². The first-order chi connectivity index (χ1) is 14.0. The Balaban J connectivity index is 1.62. The third kappa shape index (κ3) is 3.82. The van der Waals surface area contributed by atoms with Crippen LogP contribution in [0.1, 0.15) is 5.56 Å². The molecule has 0 aliphatic heterocycles. The summed E-state index contributed by atoms with van der Waals surface area (Å²) in [5.41, 5.74) is 8.95. The van der Waals surface area contributed by atoms with Gasteiger partial charge in [-0.25, -0.2) is 9.37 Å². The molecule has 0 fully saturated rings. The van der Waals surface area contributed by atoms with E-state index in [1.165, 1.54) is 12.1 Å². The number of hydrogen-bond donors (Lipinski definition) is 2. The number of nitrogen functional groups attached to an aromatic ring is 1. The number of hydrogen-bond acceptors (Lipinski definition) is 6. The maximum Gasteiger partial charge on any atom is 0.225 e. The van der Waals surface area contributed by atoms with Crippen molar-refractivity contribution in [2.75, 3.05) is 24.7 Å². The zero-order valence-corrected chi connectivity index (χ0v) is 16.2. The highest BCUT2D eigenvalue weighted by Gasteiger charge is 2.17. The standard InChI is InChI=1S/C21H21FN6O/c1-28-19(23)17-18(14-4-3-5-15(22)12-14)25-21(26-20(17)27-28)24-11-10-13-6-8-16(29-2)9-7-13/h3-9,12H,10-11,23H2,1-2H3,(H,24,26,27). The summed E-state index contributed by atoms with van der Waals surface area (Å²) >= 11 is 0. The van der Waals surface area contributed by atoms with Gasteiger partial charge in [-0.15, -0.1) is 0 Å². The van der Waals surface area contributed by atoms with Gasteiger partial charge in [0.15, 0.2) is 5.65 Å². The molecule has 0 aliphatic carbocycles. The molecule has 7 nitrogen and oxygen atoms in total. The minimum atomic E-state index is -0.342. The van der Waals surface area contributed by atoms with Crippen LogP contribution in [0.15, 0.2) is 48.5 Å². The fourth-order valence-electron chi connectivity index (χ4n) is 3.15. The maximum absolute atomic E-state index is 13.8. The first kappa shape index (κ1) is 18.7. The van der Waals surface area contributed by atoms with Gasteiger partial charge in [0.05, 0.1) is 18.2 Å². The molecule has 2 aromatic heterocycles. The molecule has 0 radical (unpaired) electrons. The second-order valence-electron chi connectivity index (χ2n) is 6.64. The minimum Gasteiger partial charge on any atom is -0.497 e. The molecule has 148 valence electrons. The maximum atomic E-state index is 13.8. The van der Waals surface area contributed by atoms with E-state index in [1.807, 2.05) is 24.3 Å². The molecule has 0 spiro atoms. The summed E-state index contributed by atoms with van der Waals surface area (Å²) in [5, 5.41) is 8.20. The fraction of sp³-hybridized carbons (Fsp3) is 0.190. The molecule has 29 heavy (non-hydrogen) atoms. The number of aromatic nitrogens is 4. The van der Waals surface area contributed by atoms with Crippen LogP contribution in [0.25, 0.3) is 22.3 Å². The van der Waals surface area contributed by atoms with E-state index < -0.39 is 0 Å². The average molecular weight is 392 g/mol. The van der Waals surface area contributed by atoms with Gasteiger partial charge in [0.25, 0.3) is 0 Å². The normalized spacial score (nSPS) is 11.0. The van der Waals surface area contributed by atoms with E-state index in [0.29, 0.717) is 40.6 Å². The number of nitrogens with one attached hydrogen (secondary N) is 1. The molecule has 2 heterocycles. The van der Waals surface area contributed by atoms with Crippen molar-refractivity contribution in [2.24, 2.45) is 7.05 Å². The second-order valence-corrected chi connectivity index (χ2v) is 6.64. The first-order valence-electron chi connectivity index (χ1n) is 9.18. The molecule has 2 aromatic carbocycles. The summed E-state index contributed by atoms with van der Waals surface area (Å²) in [5.74, 6) is 1.33. The van der Waals surface area contributed by atoms with E-state index in [0.717, 1.165) is 17.7 Å². The van der Waals surface area contributed by atoms with Crippen molar-refractivity contribution in [2.45, 2.75) is 6.42 Å². The largest absolute Gasteiger partial charge is 0.497 e. The van der Waals surface area contributed by atoms with Crippen LogP contribution < -0.4 is 15.8 Å². The van der Waals surface area contributed by atoms with Crippen molar-refractivity contribution < 1.29 is 9.13 Å². The van der Waals surface area contributed by atoms with Crippen LogP contribution in [0.3, 0.4) is 0 Å². The number of nitrogens with two attached hydrogens (primary N) is 1. The third-order valence-corrected chi connectivity index (χ3v) is 4.69. The Morgan fingerprint density at radius 2 is 1.93 bits per heavy atom. The van der Waals surface area contributed by atoms with Crippen LogP contribution in [0.5, 0.6) is 5.75 Å². The lowest BCUT2D eigenvalue weighted by Gasteiger charge is -2.09. The highest BCUT2D eigenvalue weighted by Crippen LogP contribution is 2.31. The van der Waals surface area contributed by atoms with E-state index in [-0.39, 0.29) is 5.82 Å².